The summed E-state index contributed by atoms with van der Waals surface area (Å²) >= 11 is 0. The fourth-order valence-corrected chi connectivity index (χ4v) is 4.31. The standard InChI is InChI=1S/C26H28N6O2/c1-18(19-3-10-23(34-2)11-4-19)32-24(33)12-5-20-17-28-26(30-25(20)32)29-21-6-8-22(9-7-21)31-15-13-27-14-16-31/h3-12,17-18,27H,13-16H2,1-2H3,(H,28,29,30). The zero-order valence-corrected chi connectivity index (χ0v) is 19.4. The lowest BCUT2D eigenvalue weighted by molar-refractivity contribution is 0.414. The van der Waals surface area contributed by atoms with Gasteiger partial charge in [-0.3, -0.25) is 9.36 Å². The molecule has 34 heavy (non-hydrogen) atoms. The van der Waals surface area contributed by atoms with Crippen LogP contribution in [0.5, 0.6) is 5.75 Å². The first kappa shape index (κ1) is 21.9. The second kappa shape index (κ2) is 9.52. The number of rotatable bonds is 6. The van der Waals surface area contributed by atoms with E-state index in [9.17, 15) is 4.79 Å². The van der Waals surface area contributed by atoms with Crippen molar-refractivity contribution in [1.82, 2.24) is 19.9 Å². The van der Waals surface area contributed by atoms with Crippen molar-refractivity contribution in [2.45, 2.75) is 13.0 Å². The summed E-state index contributed by atoms with van der Waals surface area (Å²) < 4.78 is 6.97. The Bertz CT molecular complexity index is 1330. The maximum atomic E-state index is 12.9. The number of anilines is 3. The Kier molecular flexibility index (Phi) is 6.14. The van der Waals surface area contributed by atoms with E-state index in [1.807, 2.05) is 43.3 Å². The predicted molar refractivity (Wildman–Crippen MR) is 135 cm³/mol. The summed E-state index contributed by atoms with van der Waals surface area (Å²) in [5, 5.41) is 7.46. The molecule has 1 aliphatic rings. The largest absolute Gasteiger partial charge is 0.497 e. The van der Waals surface area contributed by atoms with Gasteiger partial charge in [0.1, 0.15) is 11.4 Å². The number of hydrogen-bond donors (Lipinski definition) is 2. The number of piperazine rings is 1. The molecule has 1 saturated heterocycles. The van der Waals surface area contributed by atoms with Crippen LogP contribution in [0.25, 0.3) is 11.0 Å². The Labute approximate surface area is 198 Å². The predicted octanol–water partition coefficient (Wildman–Crippen LogP) is 3.56. The summed E-state index contributed by atoms with van der Waals surface area (Å²) in [6.45, 7) is 6.00. The van der Waals surface area contributed by atoms with Gasteiger partial charge in [0.25, 0.3) is 5.56 Å². The molecule has 4 aromatic rings. The van der Waals surface area contributed by atoms with Gasteiger partial charge in [0.15, 0.2) is 0 Å². The molecular formula is C26H28N6O2. The lowest BCUT2D eigenvalue weighted by Gasteiger charge is -2.29. The van der Waals surface area contributed by atoms with Gasteiger partial charge in [0, 0.05) is 55.2 Å². The Balaban J connectivity index is 1.43. The zero-order valence-electron chi connectivity index (χ0n) is 19.4. The summed E-state index contributed by atoms with van der Waals surface area (Å²) in [6.07, 6.45) is 1.75. The summed E-state index contributed by atoms with van der Waals surface area (Å²) in [7, 11) is 1.64. The lowest BCUT2D eigenvalue weighted by Crippen LogP contribution is -2.43. The quantitative estimate of drug-likeness (QED) is 0.459. The molecule has 1 aliphatic heterocycles. The van der Waals surface area contributed by atoms with Crippen LogP contribution in [0.2, 0.25) is 0 Å². The van der Waals surface area contributed by atoms with Crippen molar-refractivity contribution in [3.8, 4) is 5.75 Å². The molecule has 2 aromatic carbocycles. The van der Waals surface area contributed by atoms with Gasteiger partial charge in [-0.1, -0.05) is 12.1 Å². The molecule has 1 unspecified atom stereocenters. The van der Waals surface area contributed by atoms with Gasteiger partial charge in [-0.25, -0.2) is 4.98 Å². The van der Waals surface area contributed by atoms with Crippen LogP contribution in [0.15, 0.2) is 71.7 Å². The molecule has 174 valence electrons. The third-order valence-electron chi connectivity index (χ3n) is 6.26. The molecule has 0 spiro atoms. The monoisotopic (exact) mass is 456 g/mol. The van der Waals surface area contributed by atoms with Crippen molar-refractivity contribution in [3.05, 3.63) is 82.8 Å². The number of hydrogen-bond acceptors (Lipinski definition) is 7. The third kappa shape index (κ3) is 4.45. The molecule has 1 atom stereocenters. The van der Waals surface area contributed by atoms with Crippen LogP contribution in [-0.4, -0.2) is 47.8 Å². The summed E-state index contributed by atoms with van der Waals surface area (Å²) in [5.74, 6) is 1.22. The van der Waals surface area contributed by atoms with Gasteiger partial charge < -0.3 is 20.3 Å². The molecule has 0 bridgehead atoms. The van der Waals surface area contributed by atoms with E-state index in [-0.39, 0.29) is 11.6 Å². The van der Waals surface area contributed by atoms with Gasteiger partial charge in [-0.05, 0) is 55.0 Å². The SMILES string of the molecule is COc1ccc(C(C)n2c(=O)ccc3cnc(Nc4ccc(N5CCNCC5)cc4)nc32)cc1. The van der Waals surface area contributed by atoms with Crippen molar-refractivity contribution >= 4 is 28.4 Å². The Morgan fingerprint density at radius 3 is 2.44 bits per heavy atom. The van der Waals surface area contributed by atoms with Gasteiger partial charge in [-0.15, -0.1) is 0 Å². The Morgan fingerprint density at radius 2 is 1.74 bits per heavy atom. The minimum Gasteiger partial charge on any atom is -0.497 e. The molecule has 2 aromatic heterocycles. The highest BCUT2D eigenvalue weighted by atomic mass is 16.5. The van der Waals surface area contributed by atoms with Gasteiger partial charge in [-0.2, -0.15) is 4.98 Å². The fraction of sp³-hybridized carbons (Fsp3) is 0.269. The normalized spacial score (nSPS) is 14.7. The van der Waals surface area contributed by atoms with Crippen LogP contribution in [-0.2, 0) is 0 Å². The van der Waals surface area contributed by atoms with Crippen molar-refractivity contribution in [2.75, 3.05) is 43.5 Å². The number of pyridine rings is 1. The van der Waals surface area contributed by atoms with Gasteiger partial charge in [0.2, 0.25) is 5.95 Å². The van der Waals surface area contributed by atoms with Crippen molar-refractivity contribution in [1.29, 1.82) is 0 Å². The summed E-state index contributed by atoms with van der Waals surface area (Å²) in [4.78, 5) is 24.4. The van der Waals surface area contributed by atoms with Crippen LogP contribution >= 0.6 is 0 Å². The summed E-state index contributed by atoms with van der Waals surface area (Å²) in [5.41, 5.74) is 3.57. The molecule has 0 radical (unpaired) electrons. The topological polar surface area (TPSA) is 84.3 Å². The fourth-order valence-electron chi connectivity index (χ4n) is 4.31. The van der Waals surface area contributed by atoms with Crippen LogP contribution < -0.4 is 25.8 Å². The molecule has 0 aliphatic carbocycles. The van der Waals surface area contributed by atoms with E-state index in [4.69, 9.17) is 9.72 Å². The van der Waals surface area contributed by atoms with E-state index in [0.717, 1.165) is 48.6 Å². The number of nitrogens with zero attached hydrogens (tertiary/aromatic N) is 4. The average molecular weight is 457 g/mol. The van der Waals surface area contributed by atoms with Gasteiger partial charge >= 0.3 is 0 Å². The minimum atomic E-state index is -0.205. The minimum absolute atomic E-state index is 0.110. The molecule has 8 nitrogen and oxygen atoms in total. The highest BCUT2D eigenvalue weighted by Gasteiger charge is 2.15. The highest BCUT2D eigenvalue weighted by molar-refractivity contribution is 5.76. The van der Waals surface area contributed by atoms with Crippen molar-refractivity contribution in [2.24, 2.45) is 0 Å². The Hall–Kier alpha value is -3.91. The average Bonchev–Trinajstić information content (AvgIpc) is 2.89. The van der Waals surface area contributed by atoms with Crippen LogP contribution in [0.1, 0.15) is 18.5 Å². The third-order valence-corrected chi connectivity index (χ3v) is 6.26. The molecule has 5 rings (SSSR count). The first-order valence-electron chi connectivity index (χ1n) is 11.5. The van der Waals surface area contributed by atoms with Crippen molar-refractivity contribution < 1.29 is 4.74 Å². The molecule has 2 N–H and O–H groups in total. The van der Waals surface area contributed by atoms with Crippen LogP contribution in [0.4, 0.5) is 17.3 Å². The first-order valence-corrected chi connectivity index (χ1v) is 11.5. The molecule has 1 fully saturated rings. The molecule has 0 amide bonds. The van der Waals surface area contributed by atoms with E-state index < -0.39 is 0 Å². The van der Waals surface area contributed by atoms with E-state index in [1.165, 1.54) is 5.69 Å². The Morgan fingerprint density at radius 1 is 1.00 bits per heavy atom. The lowest BCUT2D eigenvalue weighted by atomic mass is 10.1. The first-order chi connectivity index (χ1) is 16.6. The number of nitrogens with one attached hydrogen (secondary N) is 2. The second-order valence-corrected chi connectivity index (χ2v) is 8.37. The van der Waals surface area contributed by atoms with Gasteiger partial charge in [0.05, 0.1) is 13.2 Å². The van der Waals surface area contributed by atoms with E-state index in [0.29, 0.717) is 11.6 Å². The molecule has 3 heterocycles. The molecule has 8 heteroatoms. The van der Waals surface area contributed by atoms with Crippen molar-refractivity contribution in [3.63, 3.8) is 0 Å². The number of fused-ring (bicyclic) bond motifs is 1. The number of methoxy groups -OCH3 is 1. The molecular weight excluding hydrogens is 428 g/mol. The number of ether oxygens (including phenoxy) is 1. The van der Waals surface area contributed by atoms with E-state index >= 15 is 0 Å². The summed E-state index contributed by atoms with van der Waals surface area (Å²) in [6, 6.07) is 19.1. The number of benzene rings is 2. The van der Waals surface area contributed by atoms with Crippen LogP contribution in [0.3, 0.4) is 0 Å². The molecule has 0 saturated carbocycles. The maximum absolute atomic E-state index is 12.9. The second-order valence-electron chi connectivity index (χ2n) is 8.37. The maximum Gasteiger partial charge on any atom is 0.252 e. The zero-order chi connectivity index (χ0) is 23.5. The highest BCUT2D eigenvalue weighted by Crippen LogP contribution is 2.24. The number of aromatic nitrogens is 3. The van der Waals surface area contributed by atoms with E-state index in [1.54, 1.807) is 30.0 Å². The van der Waals surface area contributed by atoms with Crippen LogP contribution in [0, 0.1) is 0 Å². The smallest absolute Gasteiger partial charge is 0.252 e. The van der Waals surface area contributed by atoms with E-state index in [2.05, 4.69) is 32.7 Å².